The smallest absolute Gasteiger partial charge is 0.145 e. The van der Waals surface area contributed by atoms with E-state index in [0.717, 1.165) is 4.47 Å². The molecule has 0 saturated heterocycles. The number of hydrogen-bond acceptors (Lipinski definition) is 1. The van der Waals surface area contributed by atoms with E-state index >= 15 is 0 Å². The average Bonchev–Trinajstić information content (AvgIpc) is 2.34. The Kier molecular flexibility index (Phi) is 4.76. The fourth-order valence-corrected chi connectivity index (χ4v) is 3.38. The van der Waals surface area contributed by atoms with Gasteiger partial charge in [-0.15, -0.1) is 0 Å². The first-order valence-electron chi connectivity index (χ1n) is 5.25. The molecule has 1 atom stereocenters. The van der Waals surface area contributed by atoms with Crippen LogP contribution in [0.1, 0.15) is 17.2 Å². The van der Waals surface area contributed by atoms with Crippen LogP contribution in [0.4, 0.5) is 8.78 Å². The molecule has 0 amide bonds. The summed E-state index contributed by atoms with van der Waals surface area (Å²) >= 11 is 9.70. The van der Waals surface area contributed by atoms with E-state index in [0.29, 0.717) is 10.0 Å². The first-order chi connectivity index (χ1) is 8.91. The largest absolute Gasteiger partial charge is 0.320 e. The standard InChI is InChI=1S/C13H8Br3F2N/c14-6-1-2-7(9(16)5-6)13(19)11-10(17)4-3-8(15)12(11)18/h1-5,13H,19H2. The van der Waals surface area contributed by atoms with Gasteiger partial charge in [0.05, 0.1) is 10.5 Å². The Morgan fingerprint density at radius 2 is 1.63 bits per heavy atom. The lowest BCUT2D eigenvalue weighted by atomic mass is 9.98. The molecule has 0 spiro atoms. The maximum atomic E-state index is 14.0. The summed E-state index contributed by atoms with van der Waals surface area (Å²) < 4.78 is 29.6. The Morgan fingerprint density at radius 3 is 2.26 bits per heavy atom. The van der Waals surface area contributed by atoms with Crippen molar-refractivity contribution in [3.8, 4) is 0 Å². The molecule has 0 fully saturated rings. The van der Waals surface area contributed by atoms with Gasteiger partial charge in [0.25, 0.3) is 0 Å². The Hall–Kier alpha value is -0.300. The van der Waals surface area contributed by atoms with Gasteiger partial charge in [-0.05, 0) is 45.8 Å². The second kappa shape index (κ2) is 5.99. The fourth-order valence-electron chi connectivity index (χ4n) is 1.74. The van der Waals surface area contributed by atoms with Crippen molar-refractivity contribution in [3.63, 3.8) is 0 Å². The minimum atomic E-state index is -0.889. The van der Waals surface area contributed by atoms with Crippen LogP contribution in [0.15, 0.2) is 43.7 Å². The van der Waals surface area contributed by atoms with Gasteiger partial charge in [-0.3, -0.25) is 0 Å². The predicted molar refractivity (Wildman–Crippen MR) is 81.9 cm³/mol. The summed E-state index contributed by atoms with van der Waals surface area (Å²) in [6.45, 7) is 0. The summed E-state index contributed by atoms with van der Waals surface area (Å²) in [7, 11) is 0. The highest BCUT2D eigenvalue weighted by atomic mass is 79.9. The Bertz CT molecular complexity index is 632. The number of nitrogens with two attached hydrogens (primary N) is 1. The molecule has 0 saturated carbocycles. The van der Waals surface area contributed by atoms with Crippen molar-refractivity contribution < 1.29 is 8.78 Å². The van der Waals surface area contributed by atoms with E-state index in [2.05, 4.69) is 47.8 Å². The fraction of sp³-hybridized carbons (Fsp3) is 0.0769. The zero-order chi connectivity index (χ0) is 14.2. The average molecular weight is 456 g/mol. The summed E-state index contributed by atoms with van der Waals surface area (Å²) in [5.41, 5.74) is 6.45. The molecule has 2 rings (SSSR count). The van der Waals surface area contributed by atoms with Crippen LogP contribution in [-0.2, 0) is 0 Å². The van der Waals surface area contributed by atoms with Gasteiger partial charge < -0.3 is 5.73 Å². The monoisotopic (exact) mass is 453 g/mol. The van der Waals surface area contributed by atoms with E-state index < -0.39 is 17.7 Å². The van der Waals surface area contributed by atoms with E-state index in [1.54, 1.807) is 18.2 Å². The topological polar surface area (TPSA) is 26.0 Å². The van der Waals surface area contributed by atoms with E-state index in [4.69, 9.17) is 5.73 Å². The lowest BCUT2D eigenvalue weighted by Gasteiger charge is -2.17. The zero-order valence-corrected chi connectivity index (χ0v) is 14.2. The molecule has 0 aliphatic heterocycles. The minimum Gasteiger partial charge on any atom is -0.320 e. The molecule has 0 radical (unpaired) electrons. The minimum absolute atomic E-state index is 0.155. The Labute approximate surface area is 134 Å². The molecule has 0 aliphatic rings. The van der Waals surface area contributed by atoms with E-state index in [9.17, 15) is 8.78 Å². The number of hydrogen-bond donors (Lipinski definition) is 1. The van der Waals surface area contributed by atoms with Gasteiger partial charge in [0.15, 0.2) is 0 Å². The highest BCUT2D eigenvalue weighted by Gasteiger charge is 2.22. The maximum absolute atomic E-state index is 14.0. The van der Waals surface area contributed by atoms with Crippen molar-refractivity contribution in [1.29, 1.82) is 0 Å². The quantitative estimate of drug-likeness (QED) is 0.611. The first kappa shape index (κ1) is 15.1. The second-order valence-corrected chi connectivity index (χ2v) is 6.52. The molecule has 100 valence electrons. The molecule has 1 nitrogen and oxygen atoms in total. The zero-order valence-electron chi connectivity index (χ0n) is 9.43. The Balaban J connectivity index is 2.56. The first-order valence-corrected chi connectivity index (χ1v) is 7.63. The van der Waals surface area contributed by atoms with Crippen molar-refractivity contribution >= 4 is 47.8 Å². The van der Waals surface area contributed by atoms with Crippen LogP contribution in [0, 0.1) is 11.6 Å². The summed E-state index contributed by atoms with van der Waals surface area (Å²) in [6, 6.07) is 6.89. The normalized spacial score (nSPS) is 12.5. The van der Waals surface area contributed by atoms with Crippen molar-refractivity contribution in [1.82, 2.24) is 0 Å². The number of rotatable bonds is 2. The lowest BCUT2D eigenvalue weighted by Crippen LogP contribution is -2.16. The van der Waals surface area contributed by atoms with Crippen LogP contribution in [0.5, 0.6) is 0 Å². The molecular formula is C13H8Br3F2N. The second-order valence-electron chi connectivity index (χ2n) is 3.90. The van der Waals surface area contributed by atoms with Crippen LogP contribution >= 0.6 is 47.8 Å². The van der Waals surface area contributed by atoms with Crippen molar-refractivity contribution in [2.75, 3.05) is 0 Å². The summed E-state index contributed by atoms with van der Waals surface area (Å²) in [6.07, 6.45) is 0. The molecule has 1 unspecified atom stereocenters. The molecule has 0 heterocycles. The highest BCUT2D eigenvalue weighted by Crippen LogP contribution is 2.33. The van der Waals surface area contributed by atoms with Gasteiger partial charge >= 0.3 is 0 Å². The van der Waals surface area contributed by atoms with E-state index in [-0.39, 0.29) is 10.0 Å². The van der Waals surface area contributed by atoms with Crippen molar-refractivity contribution in [2.45, 2.75) is 6.04 Å². The van der Waals surface area contributed by atoms with Crippen LogP contribution < -0.4 is 5.73 Å². The van der Waals surface area contributed by atoms with E-state index in [1.165, 1.54) is 12.1 Å². The van der Waals surface area contributed by atoms with Crippen molar-refractivity contribution in [3.05, 3.63) is 66.5 Å². The molecule has 0 bridgehead atoms. The maximum Gasteiger partial charge on any atom is 0.145 e. The molecule has 2 N–H and O–H groups in total. The number of benzene rings is 2. The Morgan fingerprint density at radius 1 is 0.947 bits per heavy atom. The van der Waals surface area contributed by atoms with E-state index in [1.807, 2.05) is 0 Å². The van der Waals surface area contributed by atoms with Crippen LogP contribution in [0.3, 0.4) is 0 Å². The third-order valence-corrected chi connectivity index (χ3v) is 4.48. The molecule has 0 aliphatic carbocycles. The third kappa shape index (κ3) is 3.07. The molecular weight excluding hydrogens is 448 g/mol. The molecule has 0 aromatic heterocycles. The highest BCUT2D eigenvalue weighted by molar-refractivity contribution is 9.11. The van der Waals surface area contributed by atoms with Crippen LogP contribution in [0.2, 0.25) is 0 Å². The SMILES string of the molecule is NC(c1ccc(Br)cc1Br)c1c(F)ccc(Br)c1F. The van der Waals surface area contributed by atoms with Gasteiger partial charge in [0.2, 0.25) is 0 Å². The van der Waals surface area contributed by atoms with Gasteiger partial charge in [0.1, 0.15) is 11.6 Å². The third-order valence-electron chi connectivity index (χ3n) is 2.69. The van der Waals surface area contributed by atoms with Crippen LogP contribution in [-0.4, -0.2) is 0 Å². The molecule has 2 aromatic carbocycles. The van der Waals surface area contributed by atoms with Crippen molar-refractivity contribution in [2.24, 2.45) is 5.73 Å². The lowest BCUT2D eigenvalue weighted by molar-refractivity contribution is 0.539. The summed E-state index contributed by atoms with van der Waals surface area (Å²) in [5.74, 6) is -1.34. The van der Waals surface area contributed by atoms with Gasteiger partial charge in [-0.2, -0.15) is 0 Å². The van der Waals surface area contributed by atoms with Gasteiger partial charge in [-0.1, -0.05) is 37.9 Å². The molecule has 19 heavy (non-hydrogen) atoms. The van der Waals surface area contributed by atoms with Gasteiger partial charge in [0, 0.05) is 14.5 Å². The molecule has 2 aromatic rings. The number of halogens is 5. The van der Waals surface area contributed by atoms with Crippen LogP contribution in [0.25, 0.3) is 0 Å². The summed E-state index contributed by atoms with van der Waals surface area (Å²) in [4.78, 5) is 0. The van der Waals surface area contributed by atoms with Gasteiger partial charge in [-0.25, -0.2) is 8.78 Å². The summed E-state index contributed by atoms with van der Waals surface area (Å²) in [5, 5.41) is 0. The molecule has 6 heteroatoms. The predicted octanol–water partition coefficient (Wildman–Crippen LogP) is 5.30.